The number of hydrogen-bond donors (Lipinski definition) is 4. The Balaban J connectivity index is 0.000000446. The molecule has 0 aliphatic rings. The molecule has 0 aromatic heterocycles. The van der Waals surface area contributed by atoms with E-state index in [1.54, 1.807) is 0 Å². The molecule has 8 nitrogen and oxygen atoms in total. The SMILES string of the molecule is CN(C)CCc1ccccc1.O=C(O)CC(O)(CC(=O)O)C(=O)O. The van der Waals surface area contributed by atoms with Gasteiger partial charge < -0.3 is 25.3 Å². The molecule has 0 heterocycles. The summed E-state index contributed by atoms with van der Waals surface area (Å²) in [4.78, 5) is 32.7. The third-order valence-electron chi connectivity index (χ3n) is 2.98. The summed E-state index contributed by atoms with van der Waals surface area (Å²) in [6.45, 7) is 1.13. The van der Waals surface area contributed by atoms with E-state index in [4.69, 9.17) is 20.4 Å². The molecule has 0 saturated heterocycles. The molecule has 1 aromatic rings. The zero-order chi connectivity index (χ0) is 18.8. The van der Waals surface area contributed by atoms with E-state index >= 15 is 0 Å². The van der Waals surface area contributed by atoms with Crippen molar-refractivity contribution in [3.63, 3.8) is 0 Å². The maximum absolute atomic E-state index is 10.3. The second-order valence-corrected chi connectivity index (χ2v) is 5.52. The highest BCUT2D eigenvalue weighted by molar-refractivity contribution is 5.88. The van der Waals surface area contributed by atoms with Crippen LogP contribution in [0.5, 0.6) is 0 Å². The van der Waals surface area contributed by atoms with Crippen molar-refractivity contribution in [2.45, 2.75) is 24.9 Å². The van der Waals surface area contributed by atoms with Gasteiger partial charge >= 0.3 is 17.9 Å². The predicted octanol–water partition coefficient (Wildman–Crippen LogP) is 0.542. The van der Waals surface area contributed by atoms with E-state index in [9.17, 15) is 14.4 Å². The average molecular weight is 341 g/mol. The summed E-state index contributed by atoms with van der Waals surface area (Å²) in [5.41, 5.74) is -1.32. The number of benzene rings is 1. The minimum Gasteiger partial charge on any atom is -0.481 e. The van der Waals surface area contributed by atoms with Gasteiger partial charge in [-0.2, -0.15) is 0 Å². The molecule has 0 bridgehead atoms. The van der Waals surface area contributed by atoms with Crippen molar-refractivity contribution in [1.82, 2.24) is 4.90 Å². The molecular weight excluding hydrogens is 318 g/mol. The van der Waals surface area contributed by atoms with Crippen LogP contribution in [0, 0.1) is 0 Å². The molecule has 0 fully saturated rings. The van der Waals surface area contributed by atoms with E-state index in [1.165, 1.54) is 5.56 Å². The smallest absolute Gasteiger partial charge is 0.336 e. The fourth-order valence-corrected chi connectivity index (χ4v) is 1.71. The number of likely N-dealkylation sites (N-methyl/N-ethyl adjacent to an activating group) is 1. The van der Waals surface area contributed by atoms with Gasteiger partial charge in [0.25, 0.3) is 0 Å². The van der Waals surface area contributed by atoms with Crippen LogP contribution in [-0.4, -0.2) is 69.5 Å². The number of carboxylic acids is 3. The summed E-state index contributed by atoms with van der Waals surface area (Å²) in [5.74, 6) is -5.02. The van der Waals surface area contributed by atoms with Crippen LogP contribution < -0.4 is 0 Å². The van der Waals surface area contributed by atoms with Crippen molar-refractivity contribution in [2.75, 3.05) is 20.6 Å². The maximum Gasteiger partial charge on any atom is 0.336 e. The van der Waals surface area contributed by atoms with Gasteiger partial charge in [0.1, 0.15) is 0 Å². The van der Waals surface area contributed by atoms with Gasteiger partial charge in [-0.15, -0.1) is 0 Å². The van der Waals surface area contributed by atoms with Gasteiger partial charge in [0, 0.05) is 6.54 Å². The normalized spacial score (nSPS) is 10.7. The zero-order valence-corrected chi connectivity index (χ0v) is 13.7. The van der Waals surface area contributed by atoms with E-state index in [1.807, 2.05) is 0 Å². The van der Waals surface area contributed by atoms with E-state index in [2.05, 4.69) is 49.3 Å². The molecule has 134 valence electrons. The van der Waals surface area contributed by atoms with Crippen molar-refractivity contribution in [3.05, 3.63) is 35.9 Å². The van der Waals surface area contributed by atoms with Crippen LogP contribution in [0.1, 0.15) is 18.4 Å². The third-order valence-corrected chi connectivity index (χ3v) is 2.98. The van der Waals surface area contributed by atoms with Crippen LogP contribution in [-0.2, 0) is 20.8 Å². The lowest BCUT2D eigenvalue weighted by molar-refractivity contribution is -0.170. The molecule has 1 rings (SSSR count). The molecular formula is C16H23NO7. The molecule has 4 N–H and O–H groups in total. The molecule has 0 aliphatic carbocycles. The molecule has 1 aromatic carbocycles. The second kappa shape index (κ2) is 10.3. The Morgan fingerprint density at radius 3 is 1.75 bits per heavy atom. The molecule has 0 spiro atoms. The van der Waals surface area contributed by atoms with Crippen LogP contribution in [0.4, 0.5) is 0 Å². The Morgan fingerprint density at radius 1 is 0.958 bits per heavy atom. The van der Waals surface area contributed by atoms with Crippen molar-refractivity contribution < 1.29 is 34.8 Å². The number of carboxylic acid groups (broad SMARTS) is 3. The molecule has 0 unspecified atom stereocenters. The number of aliphatic carboxylic acids is 3. The van der Waals surface area contributed by atoms with Crippen LogP contribution >= 0.6 is 0 Å². The highest BCUT2D eigenvalue weighted by atomic mass is 16.4. The molecule has 8 heteroatoms. The zero-order valence-electron chi connectivity index (χ0n) is 13.7. The fourth-order valence-electron chi connectivity index (χ4n) is 1.71. The summed E-state index contributed by atoms with van der Waals surface area (Å²) in [6.07, 6.45) is -1.14. The fraction of sp³-hybridized carbons (Fsp3) is 0.438. The quantitative estimate of drug-likeness (QED) is 0.538. The van der Waals surface area contributed by atoms with Gasteiger partial charge in [-0.25, -0.2) is 4.79 Å². The lowest BCUT2D eigenvalue weighted by atomic mass is 9.96. The lowest BCUT2D eigenvalue weighted by Crippen LogP contribution is -2.42. The van der Waals surface area contributed by atoms with Crippen LogP contribution in [0.25, 0.3) is 0 Å². The van der Waals surface area contributed by atoms with E-state index in [0.29, 0.717) is 0 Å². The van der Waals surface area contributed by atoms with Gasteiger partial charge in [-0.05, 0) is 26.1 Å². The topological polar surface area (TPSA) is 135 Å². The number of nitrogens with zero attached hydrogens (tertiary/aromatic N) is 1. The summed E-state index contributed by atoms with van der Waals surface area (Å²) in [6, 6.07) is 10.6. The standard InChI is InChI=1S/C10H15N.C6H8O7/c1-11(2)9-8-10-6-4-3-5-7-10;7-3(8)1-6(13,5(11)12)2-4(9)10/h3-7H,8-9H2,1-2H3;13H,1-2H2,(H,7,8)(H,9,10)(H,11,12). The third kappa shape index (κ3) is 9.54. The first-order valence-electron chi connectivity index (χ1n) is 7.15. The number of rotatable bonds is 8. The molecule has 0 saturated carbocycles. The second-order valence-electron chi connectivity index (χ2n) is 5.52. The summed E-state index contributed by atoms with van der Waals surface area (Å²) in [5, 5.41) is 33.8. The van der Waals surface area contributed by atoms with Gasteiger partial charge in [-0.3, -0.25) is 9.59 Å². The largest absolute Gasteiger partial charge is 0.481 e. The Hall–Kier alpha value is -2.45. The van der Waals surface area contributed by atoms with E-state index < -0.39 is 36.4 Å². The Kier molecular flexibility index (Phi) is 9.29. The van der Waals surface area contributed by atoms with E-state index in [0.717, 1.165) is 13.0 Å². The van der Waals surface area contributed by atoms with Gasteiger partial charge in [0.15, 0.2) is 5.60 Å². The highest BCUT2D eigenvalue weighted by Crippen LogP contribution is 2.15. The lowest BCUT2D eigenvalue weighted by Gasteiger charge is -2.18. The first-order valence-corrected chi connectivity index (χ1v) is 7.15. The van der Waals surface area contributed by atoms with Gasteiger partial charge in [0.05, 0.1) is 12.8 Å². The maximum atomic E-state index is 10.3. The molecule has 0 radical (unpaired) electrons. The van der Waals surface area contributed by atoms with Gasteiger partial charge in [-0.1, -0.05) is 30.3 Å². The summed E-state index contributed by atoms with van der Waals surface area (Å²) >= 11 is 0. The van der Waals surface area contributed by atoms with Crippen LogP contribution in [0.3, 0.4) is 0 Å². The first-order chi connectivity index (χ1) is 11.1. The van der Waals surface area contributed by atoms with Crippen molar-refractivity contribution in [3.8, 4) is 0 Å². The monoisotopic (exact) mass is 341 g/mol. The average Bonchev–Trinajstić information content (AvgIpc) is 2.45. The number of carbonyl (C=O) groups is 3. The Labute approximate surface area is 140 Å². The Bertz CT molecular complexity index is 527. The number of hydrogen-bond acceptors (Lipinski definition) is 5. The van der Waals surface area contributed by atoms with Crippen molar-refractivity contribution in [1.29, 1.82) is 0 Å². The van der Waals surface area contributed by atoms with Gasteiger partial charge in [0.2, 0.25) is 0 Å². The molecule has 0 aliphatic heterocycles. The Morgan fingerprint density at radius 2 is 1.42 bits per heavy atom. The van der Waals surface area contributed by atoms with Crippen molar-refractivity contribution >= 4 is 17.9 Å². The molecule has 24 heavy (non-hydrogen) atoms. The molecule has 0 amide bonds. The highest BCUT2D eigenvalue weighted by Gasteiger charge is 2.40. The minimum atomic E-state index is -2.74. The first kappa shape index (κ1) is 21.6. The van der Waals surface area contributed by atoms with Crippen LogP contribution in [0.2, 0.25) is 0 Å². The minimum absolute atomic E-state index is 1.13. The number of aliphatic hydroxyl groups is 1. The molecule has 0 atom stereocenters. The predicted molar refractivity (Wildman–Crippen MR) is 85.8 cm³/mol. The van der Waals surface area contributed by atoms with E-state index in [-0.39, 0.29) is 0 Å². The van der Waals surface area contributed by atoms with Crippen molar-refractivity contribution in [2.24, 2.45) is 0 Å². The summed E-state index contributed by atoms with van der Waals surface area (Å²) < 4.78 is 0. The summed E-state index contributed by atoms with van der Waals surface area (Å²) in [7, 11) is 4.20. The van der Waals surface area contributed by atoms with Crippen LogP contribution in [0.15, 0.2) is 30.3 Å².